The second-order valence-corrected chi connectivity index (χ2v) is 31.7. The maximum Gasteiger partial charge on any atom is 0.233 e. The van der Waals surface area contributed by atoms with Gasteiger partial charge in [-0.05, 0) is 95.5 Å². The van der Waals surface area contributed by atoms with Gasteiger partial charge in [-0.25, -0.2) is 33.0 Å². The van der Waals surface area contributed by atoms with E-state index in [1.54, 1.807) is 124 Å². The summed E-state index contributed by atoms with van der Waals surface area (Å²) in [5.41, 5.74) is 36.3. The molecule has 9 N–H and O–H groups in total. The summed E-state index contributed by atoms with van der Waals surface area (Å²) >= 11 is 0. The average Bonchev–Trinajstić information content (AvgIpc) is 1.59. The molecular formula is C81H77N37O2. The standard InChI is InChI=1S/2C21H19N9.C20H22N8O2.C19H17N11/c2*1-28-11-16(10-26-28)15-6-17(19-2-5-25-29(19)12-15)18-13-30(27-20(18)24)21(3-4-22)7-14(8-21)9-23;1-19(2,29)12-30-16-11-27-15(3-6-24-27)17(25-16)14-10-28(26-18(14)23)20(4-5-21)7-13(8-20)9-22;1-28-8-13(7-24-28)15-10-29-18(23-11-25-29)16(26-15)14-9-30(27-17(14)22)19(2-3-20)4-12(5-19)6-21/h2*2,5-6,10-14H,3,7-8H2,1H3,(H2,24,27);3,6,10-11,13,29H,4,7-8,12H2,1-2H3,(H2,23,26);7-12H,2,4-5H2,1H3,(H2,22,27). The van der Waals surface area contributed by atoms with Crippen LogP contribution in [0.1, 0.15) is 90.9 Å². The predicted octanol–water partition coefficient (Wildman–Crippen LogP) is 8.83. The molecule has 19 rings (SSSR count). The lowest BCUT2D eigenvalue weighted by atomic mass is 9.67. The maximum absolute atomic E-state index is 9.94. The first-order chi connectivity index (χ1) is 57.8. The molecule has 0 aromatic carbocycles. The van der Waals surface area contributed by atoms with E-state index in [4.69, 9.17) is 37.9 Å². The molecule has 4 aliphatic rings. The van der Waals surface area contributed by atoms with Crippen molar-refractivity contribution in [3.05, 3.63) is 142 Å². The van der Waals surface area contributed by atoms with E-state index in [0.717, 1.165) is 66.6 Å². The van der Waals surface area contributed by atoms with Crippen LogP contribution in [0.5, 0.6) is 5.88 Å². The number of nitrogens with zero attached hydrogens (tertiary/aromatic N) is 33. The number of nitriles is 8. The summed E-state index contributed by atoms with van der Waals surface area (Å²) < 4.78 is 24.8. The molecule has 15 aromatic heterocycles. The Morgan fingerprint density at radius 3 is 1.16 bits per heavy atom. The fourth-order valence-electron chi connectivity index (χ4n) is 16.4. The minimum absolute atomic E-state index is 0.0531. The number of anilines is 4. The lowest BCUT2D eigenvalue weighted by Crippen LogP contribution is -2.46. The van der Waals surface area contributed by atoms with Crippen LogP contribution in [0.2, 0.25) is 0 Å². The summed E-state index contributed by atoms with van der Waals surface area (Å²) in [6.45, 7) is 3.34. The first kappa shape index (κ1) is 77.8. The Bertz CT molecular complexity index is 6310. The van der Waals surface area contributed by atoms with Crippen molar-refractivity contribution in [1.29, 1.82) is 42.1 Å². The number of nitrogen functional groups attached to an aromatic ring is 4. The molecule has 120 heavy (non-hydrogen) atoms. The molecule has 0 spiro atoms. The lowest BCUT2D eigenvalue weighted by Gasteiger charge is -2.43. The highest BCUT2D eigenvalue weighted by Crippen LogP contribution is 2.51. The van der Waals surface area contributed by atoms with Crippen molar-refractivity contribution in [1.82, 2.24) is 122 Å². The second kappa shape index (κ2) is 30.6. The van der Waals surface area contributed by atoms with E-state index in [-0.39, 0.29) is 60.6 Å². The molecular weight excluding hydrogens is 1520 g/mol. The monoisotopic (exact) mass is 1600 g/mol. The maximum atomic E-state index is 9.94. The summed E-state index contributed by atoms with van der Waals surface area (Å²) in [6, 6.07) is 27.8. The number of hydrogen-bond acceptors (Lipinski definition) is 28. The van der Waals surface area contributed by atoms with Gasteiger partial charge in [0.05, 0.1) is 196 Å². The van der Waals surface area contributed by atoms with Gasteiger partial charge in [-0.15, -0.1) is 0 Å². The van der Waals surface area contributed by atoms with Crippen LogP contribution in [0, 0.1) is 114 Å². The lowest BCUT2D eigenvalue weighted by molar-refractivity contribution is 0.0267. The Morgan fingerprint density at radius 1 is 0.417 bits per heavy atom. The number of pyridine rings is 2. The highest BCUT2D eigenvalue weighted by atomic mass is 16.5. The van der Waals surface area contributed by atoms with Crippen LogP contribution in [-0.2, 0) is 43.3 Å². The van der Waals surface area contributed by atoms with Crippen molar-refractivity contribution in [2.45, 2.75) is 119 Å². The van der Waals surface area contributed by atoms with E-state index in [9.17, 15) is 41.9 Å². The molecule has 0 aliphatic heterocycles. The third-order valence-corrected chi connectivity index (χ3v) is 22.7. The largest absolute Gasteiger partial charge is 0.474 e. The van der Waals surface area contributed by atoms with Crippen molar-refractivity contribution >= 4 is 45.5 Å². The second-order valence-electron chi connectivity index (χ2n) is 31.7. The van der Waals surface area contributed by atoms with Gasteiger partial charge in [0, 0.05) is 139 Å². The van der Waals surface area contributed by atoms with E-state index < -0.39 is 27.8 Å². The van der Waals surface area contributed by atoms with Gasteiger partial charge in [0.1, 0.15) is 24.3 Å². The van der Waals surface area contributed by atoms with Crippen LogP contribution < -0.4 is 27.7 Å². The van der Waals surface area contributed by atoms with Gasteiger partial charge in [-0.3, -0.25) is 32.8 Å². The summed E-state index contributed by atoms with van der Waals surface area (Å²) in [5, 5.41) is 132. The van der Waals surface area contributed by atoms with E-state index in [1.165, 1.54) is 6.33 Å². The first-order valence-corrected chi connectivity index (χ1v) is 38.2. The highest BCUT2D eigenvalue weighted by Gasteiger charge is 2.51. The minimum Gasteiger partial charge on any atom is -0.474 e. The fourth-order valence-corrected chi connectivity index (χ4v) is 16.4. The van der Waals surface area contributed by atoms with Gasteiger partial charge in [0.25, 0.3) is 0 Å². The van der Waals surface area contributed by atoms with E-state index in [1.807, 2.05) is 85.7 Å². The van der Waals surface area contributed by atoms with Crippen LogP contribution in [0.3, 0.4) is 0 Å². The number of aromatic nitrogens is 25. The zero-order chi connectivity index (χ0) is 84.2. The highest BCUT2D eigenvalue weighted by molar-refractivity contribution is 5.90. The van der Waals surface area contributed by atoms with E-state index >= 15 is 0 Å². The van der Waals surface area contributed by atoms with Crippen LogP contribution in [-0.4, -0.2) is 139 Å². The zero-order valence-electron chi connectivity index (χ0n) is 65.7. The number of nitrogens with two attached hydrogens (primary N) is 4. The van der Waals surface area contributed by atoms with Gasteiger partial charge >= 0.3 is 0 Å². The smallest absolute Gasteiger partial charge is 0.233 e. The van der Waals surface area contributed by atoms with Crippen molar-refractivity contribution < 1.29 is 9.84 Å². The molecule has 39 heteroatoms. The average molecular weight is 1600 g/mol. The van der Waals surface area contributed by atoms with Crippen molar-refractivity contribution in [2.75, 3.05) is 29.5 Å². The zero-order valence-corrected chi connectivity index (χ0v) is 65.7. The molecule has 4 saturated carbocycles. The van der Waals surface area contributed by atoms with Gasteiger partial charge in [-0.1, -0.05) is 0 Å². The molecule has 15 aromatic rings. The van der Waals surface area contributed by atoms with Crippen LogP contribution >= 0.6 is 0 Å². The van der Waals surface area contributed by atoms with Crippen LogP contribution in [0.4, 0.5) is 23.3 Å². The predicted molar refractivity (Wildman–Crippen MR) is 431 cm³/mol. The molecule has 0 saturated heterocycles. The quantitative estimate of drug-likeness (QED) is 0.0535. The normalized spacial score (nSPS) is 20.7. The summed E-state index contributed by atoms with van der Waals surface area (Å²) in [6.07, 6.45) is 38.1. The number of fused-ring (bicyclic) bond motifs is 4. The molecule has 598 valence electrons. The Balaban J connectivity index is 0.000000119. The van der Waals surface area contributed by atoms with Gasteiger partial charge < -0.3 is 32.8 Å². The molecule has 4 aliphatic carbocycles. The summed E-state index contributed by atoms with van der Waals surface area (Å²) in [7, 11) is 5.59. The van der Waals surface area contributed by atoms with Crippen molar-refractivity contribution in [3.63, 3.8) is 0 Å². The fraction of sp³-hybridized carbons (Fsp3) is 0.333. The van der Waals surface area contributed by atoms with Crippen LogP contribution in [0.15, 0.2) is 142 Å². The minimum atomic E-state index is -1.02. The van der Waals surface area contributed by atoms with Crippen molar-refractivity contribution in [3.8, 4) is 133 Å². The third-order valence-electron chi connectivity index (χ3n) is 22.7. The molecule has 4 fully saturated rings. The molecule has 15 heterocycles. The van der Waals surface area contributed by atoms with E-state index in [0.29, 0.717) is 110 Å². The molecule has 0 amide bonds. The Morgan fingerprint density at radius 2 is 0.783 bits per heavy atom. The molecule has 39 nitrogen and oxygen atoms in total. The van der Waals surface area contributed by atoms with E-state index in [2.05, 4.69) is 127 Å². The number of aryl methyl sites for hydroxylation is 3. The summed E-state index contributed by atoms with van der Waals surface area (Å²) in [5.74, 6) is 1.34. The van der Waals surface area contributed by atoms with Gasteiger partial charge in [0.15, 0.2) is 28.9 Å². The molecule has 0 radical (unpaired) electrons. The molecule has 0 atom stereocenters. The SMILES string of the molecule is CC(C)(O)COc1cn2nccc2c(-c2cn(C3(CC#N)CC(C#N)C3)nc2N)n1.Cn1cc(-c2cc(-c3cn(C4(CC#N)CC(C#N)C4)nc3N)c3ccnn3c2)cn1.Cn1cc(-c2cc(-c3cn(C4(CC#N)CC(C#N)C4)nc3N)c3ccnn3c2)cn1.Cn1cc(-c2cn3ncnc3c(-c3cn(C4(CC#N)CC(C#N)C4)nc3N)n2)cn1. The number of ether oxygens (including phenoxy) is 1. The summed E-state index contributed by atoms with van der Waals surface area (Å²) in [4.78, 5) is 13.7. The molecule has 0 unspecified atom stereocenters. The Kier molecular flexibility index (Phi) is 19.8. The number of aliphatic hydroxyl groups is 1. The number of hydrogen-bond donors (Lipinski definition) is 5. The van der Waals surface area contributed by atoms with Gasteiger partial charge in [-0.2, -0.15) is 98.2 Å². The third kappa shape index (κ3) is 14.3. The number of rotatable bonds is 18. The molecule has 0 bridgehead atoms. The topological polar surface area (TPSA) is 556 Å². The van der Waals surface area contributed by atoms with Crippen molar-refractivity contribution in [2.24, 2.45) is 44.8 Å². The van der Waals surface area contributed by atoms with Crippen LogP contribution in [0.25, 0.3) is 100 Å². The Labute approximate surface area is 683 Å². The van der Waals surface area contributed by atoms with Gasteiger partial charge in [0.2, 0.25) is 5.88 Å². The first-order valence-electron chi connectivity index (χ1n) is 38.2. The Hall–Kier alpha value is -16.1.